The van der Waals surface area contributed by atoms with Crippen LogP contribution in [-0.4, -0.2) is 43.0 Å². The summed E-state index contributed by atoms with van der Waals surface area (Å²) in [6.45, 7) is 10.2. The zero-order chi connectivity index (χ0) is 11.1. The summed E-state index contributed by atoms with van der Waals surface area (Å²) < 4.78 is 0. The van der Waals surface area contributed by atoms with Gasteiger partial charge in [0.15, 0.2) is 0 Å². The fourth-order valence-corrected chi connectivity index (χ4v) is 2.38. The number of rotatable bonds is 7. The SMILES string of the molecule is CCN(CC)CCN(C)Cc1cccs1. The van der Waals surface area contributed by atoms with Crippen LogP contribution in [0.3, 0.4) is 0 Å². The van der Waals surface area contributed by atoms with E-state index >= 15 is 0 Å². The van der Waals surface area contributed by atoms with Gasteiger partial charge in [0.05, 0.1) is 0 Å². The van der Waals surface area contributed by atoms with Gasteiger partial charge < -0.3 is 9.80 Å². The number of nitrogens with zero attached hydrogens (tertiary/aromatic N) is 2. The minimum absolute atomic E-state index is 1.08. The molecule has 0 bridgehead atoms. The molecule has 0 saturated heterocycles. The molecule has 1 aromatic rings. The summed E-state index contributed by atoms with van der Waals surface area (Å²) in [7, 11) is 2.20. The van der Waals surface area contributed by atoms with Crippen molar-refractivity contribution in [3.8, 4) is 0 Å². The lowest BCUT2D eigenvalue weighted by molar-refractivity contribution is 0.237. The Morgan fingerprint density at radius 1 is 1.20 bits per heavy atom. The van der Waals surface area contributed by atoms with Crippen LogP contribution in [0, 0.1) is 0 Å². The molecule has 0 saturated carbocycles. The average Bonchev–Trinajstić information content (AvgIpc) is 2.72. The van der Waals surface area contributed by atoms with Gasteiger partial charge in [0, 0.05) is 24.5 Å². The molecule has 0 N–H and O–H groups in total. The Bertz CT molecular complexity index is 242. The summed E-state index contributed by atoms with van der Waals surface area (Å²) in [5, 5.41) is 2.15. The number of thiophene rings is 1. The molecule has 0 aliphatic carbocycles. The smallest absolute Gasteiger partial charge is 0.0325 e. The fraction of sp³-hybridized carbons (Fsp3) is 0.667. The first-order valence-electron chi connectivity index (χ1n) is 5.69. The first kappa shape index (κ1) is 12.7. The highest BCUT2D eigenvalue weighted by molar-refractivity contribution is 7.09. The molecule has 0 aliphatic rings. The molecule has 3 heteroatoms. The fourth-order valence-electron chi connectivity index (χ4n) is 1.60. The monoisotopic (exact) mass is 226 g/mol. The van der Waals surface area contributed by atoms with Crippen molar-refractivity contribution in [2.24, 2.45) is 0 Å². The van der Waals surface area contributed by atoms with Gasteiger partial charge in [-0.1, -0.05) is 19.9 Å². The molecule has 15 heavy (non-hydrogen) atoms. The van der Waals surface area contributed by atoms with Crippen LogP contribution in [0.1, 0.15) is 18.7 Å². The molecule has 1 heterocycles. The summed E-state index contributed by atoms with van der Waals surface area (Å²) in [6.07, 6.45) is 0. The molecule has 1 aromatic heterocycles. The first-order chi connectivity index (χ1) is 7.26. The van der Waals surface area contributed by atoms with Crippen molar-refractivity contribution in [2.45, 2.75) is 20.4 Å². The highest BCUT2D eigenvalue weighted by Crippen LogP contribution is 2.10. The van der Waals surface area contributed by atoms with Crippen molar-refractivity contribution in [3.05, 3.63) is 22.4 Å². The second-order valence-electron chi connectivity index (χ2n) is 3.84. The summed E-state index contributed by atoms with van der Waals surface area (Å²) in [4.78, 5) is 6.31. The van der Waals surface area contributed by atoms with Crippen molar-refractivity contribution in [1.29, 1.82) is 0 Å². The van der Waals surface area contributed by atoms with Crippen LogP contribution >= 0.6 is 11.3 Å². The average molecular weight is 226 g/mol. The molecule has 0 atom stereocenters. The van der Waals surface area contributed by atoms with Gasteiger partial charge in [-0.3, -0.25) is 0 Å². The van der Waals surface area contributed by atoms with E-state index in [-0.39, 0.29) is 0 Å². The largest absolute Gasteiger partial charge is 0.303 e. The third-order valence-electron chi connectivity index (χ3n) is 2.70. The second-order valence-corrected chi connectivity index (χ2v) is 4.88. The van der Waals surface area contributed by atoms with E-state index in [4.69, 9.17) is 0 Å². The third-order valence-corrected chi connectivity index (χ3v) is 3.56. The van der Waals surface area contributed by atoms with Crippen LogP contribution in [0.15, 0.2) is 17.5 Å². The quantitative estimate of drug-likeness (QED) is 0.705. The van der Waals surface area contributed by atoms with Crippen LogP contribution in [0.25, 0.3) is 0 Å². The maximum absolute atomic E-state index is 2.46. The Labute approximate surface area is 97.5 Å². The summed E-state index contributed by atoms with van der Waals surface area (Å²) in [5.41, 5.74) is 0. The van der Waals surface area contributed by atoms with Crippen LogP contribution in [0.4, 0.5) is 0 Å². The van der Waals surface area contributed by atoms with Gasteiger partial charge in [0.2, 0.25) is 0 Å². The Hall–Kier alpha value is -0.380. The van der Waals surface area contributed by atoms with Gasteiger partial charge in [-0.25, -0.2) is 0 Å². The van der Waals surface area contributed by atoms with E-state index in [1.807, 2.05) is 11.3 Å². The molecule has 0 spiro atoms. The van der Waals surface area contributed by atoms with Crippen molar-refractivity contribution in [1.82, 2.24) is 9.80 Å². The minimum atomic E-state index is 1.08. The van der Waals surface area contributed by atoms with Crippen molar-refractivity contribution < 1.29 is 0 Å². The second kappa shape index (κ2) is 6.99. The zero-order valence-electron chi connectivity index (χ0n) is 10.1. The van der Waals surface area contributed by atoms with Crippen LogP contribution in [0.5, 0.6) is 0 Å². The molecule has 1 rings (SSSR count). The lowest BCUT2D eigenvalue weighted by Crippen LogP contribution is -2.32. The van der Waals surface area contributed by atoms with Gasteiger partial charge in [-0.15, -0.1) is 11.3 Å². The van der Waals surface area contributed by atoms with Crippen molar-refractivity contribution in [2.75, 3.05) is 33.2 Å². The molecule has 2 nitrogen and oxygen atoms in total. The van der Waals surface area contributed by atoms with Gasteiger partial charge in [-0.05, 0) is 31.6 Å². The summed E-state index contributed by atoms with van der Waals surface area (Å²) in [5.74, 6) is 0. The normalized spacial score (nSPS) is 11.5. The number of hydrogen-bond donors (Lipinski definition) is 0. The lowest BCUT2D eigenvalue weighted by Gasteiger charge is -2.22. The predicted molar refractivity (Wildman–Crippen MR) is 68.4 cm³/mol. The number of likely N-dealkylation sites (N-methyl/N-ethyl adjacent to an activating group) is 2. The van der Waals surface area contributed by atoms with E-state index in [1.54, 1.807) is 0 Å². The van der Waals surface area contributed by atoms with Gasteiger partial charge >= 0.3 is 0 Å². The molecule has 0 aliphatic heterocycles. The minimum Gasteiger partial charge on any atom is -0.303 e. The maximum atomic E-state index is 2.46. The molecular weight excluding hydrogens is 204 g/mol. The van der Waals surface area contributed by atoms with Crippen molar-refractivity contribution in [3.63, 3.8) is 0 Å². The van der Waals surface area contributed by atoms with E-state index in [9.17, 15) is 0 Å². The van der Waals surface area contributed by atoms with Gasteiger partial charge in [0.1, 0.15) is 0 Å². The molecule has 0 aromatic carbocycles. The van der Waals surface area contributed by atoms with E-state index in [2.05, 4.69) is 48.2 Å². The van der Waals surface area contributed by atoms with E-state index in [0.29, 0.717) is 0 Å². The predicted octanol–water partition coefficient (Wildman–Crippen LogP) is 2.52. The zero-order valence-corrected chi connectivity index (χ0v) is 10.9. The van der Waals surface area contributed by atoms with Crippen LogP contribution in [0.2, 0.25) is 0 Å². The summed E-state index contributed by atoms with van der Waals surface area (Å²) in [6, 6.07) is 4.33. The summed E-state index contributed by atoms with van der Waals surface area (Å²) >= 11 is 1.84. The highest BCUT2D eigenvalue weighted by atomic mass is 32.1. The molecule has 0 amide bonds. The number of hydrogen-bond acceptors (Lipinski definition) is 3. The Morgan fingerprint density at radius 2 is 1.93 bits per heavy atom. The van der Waals surface area contributed by atoms with Crippen molar-refractivity contribution >= 4 is 11.3 Å². The Morgan fingerprint density at radius 3 is 2.47 bits per heavy atom. The van der Waals surface area contributed by atoms with Crippen LogP contribution in [-0.2, 0) is 6.54 Å². The Kier molecular flexibility index (Phi) is 5.91. The van der Waals surface area contributed by atoms with Gasteiger partial charge in [0.25, 0.3) is 0 Å². The molecular formula is C12H22N2S. The Balaban J connectivity index is 2.21. The molecule has 0 fully saturated rings. The van der Waals surface area contributed by atoms with Crippen LogP contribution < -0.4 is 0 Å². The van der Waals surface area contributed by atoms with E-state index < -0.39 is 0 Å². The third kappa shape index (κ3) is 4.78. The van der Waals surface area contributed by atoms with Gasteiger partial charge in [-0.2, -0.15) is 0 Å². The maximum Gasteiger partial charge on any atom is 0.0325 e. The van der Waals surface area contributed by atoms with E-state index in [1.165, 1.54) is 11.4 Å². The lowest BCUT2D eigenvalue weighted by atomic mass is 10.4. The topological polar surface area (TPSA) is 6.48 Å². The standard InChI is InChI=1S/C12H22N2S/c1-4-14(5-2)9-8-13(3)11-12-7-6-10-15-12/h6-7,10H,4-5,8-9,11H2,1-3H3. The molecule has 86 valence electrons. The van der Waals surface area contributed by atoms with E-state index in [0.717, 1.165) is 26.2 Å². The highest BCUT2D eigenvalue weighted by Gasteiger charge is 2.03. The molecule has 0 radical (unpaired) electrons. The molecule has 0 unspecified atom stereocenters. The first-order valence-corrected chi connectivity index (χ1v) is 6.57.